The number of ether oxygens (including phenoxy) is 1. The van der Waals surface area contributed by atoms with Crippen molar-refractivity contribution in [3.8, 4) is 11.3 Å². The van der Waals surface area contributed by atoms with E-state index in [1.807, 2.05) is 0 Å². The van der Waals surface area contributed by atoms with Crippen LogP contribution < -0.4 is 5.32 Å². The number of imidazole rings is 1. The van der Waals surface area contributed by atoms with E-state index < -0.39 is 11.6 Å². The second-order valence-corrected chi connectivity index (χ2v) is 4.07. The zero-order valence-corrected chi connectivity index (χ0v) is 10.5. The van der Waals surface area contributed by atoms with Gasteiger partial charge in [-0.2, -0.15) is 0 Å². The zero-order chi connectivity index (χ0) is 13.7. The quantitative estimate of drug-likeness (QED) is 0.788. The van der Waals surface area contributed by atoms with Crippen molar-refractivity contribution in [2.24, 2.45) is 0 Å². The van der Waals surface area contributed by atoms with Crippen molar-refractivity contribution < 1.29 is 13.5 Å². The predicted molar refractivity (Wildman–Crippen MR) is 67.5 cm³/mol. The second kappa shape index (κ2) is 6.40. The molecule has 2 N–H and O–H groups in total. The summed E-state index contributed by atoms with van der Waals surface area (Å²) >= 11 is 0. The topological polar surface area (TPSA) is 49.9 Å². The van der Waals surface area contributed by atoms with Crippen molar-refractivity contribution in [3.63, 3.8) is 0 Å². The Kier molecular flexibility index (Phi) is 4.59. The molecule has 1 heterocycles. The first-order valence-electron chi connectivity index (χ1n) is 5.89. The highest BCUT2D eigenvalue weighted by Gasteiger charge is 2.06. The van der Waals surface area contributed by atoms with Gasteiger partial charge in [-0.1, -0.05) is 0 Å². The molecule has 102 valence electrons. The lowest BCUT2D eigenvalue weighted by Gasteiger charge is -2.01. The van der Waals surface area contributed by atoms with E-state index in [1.54, 1.807) is 13.3 Å². The number of H-pyrrole nitrogens is 1. The minimum Gasteiger partial charge on any atom is -0.383 e. The molecule has 0 aliphatic carbocycles. The van der Waals surface area contributed by atoms with Crippen LogP contribution in [-0.4, -0.2) is 30.2 Å². The van der Waals surface area contributed by atoms with E-state index in [1.165, 1.54) is 12.1 Å². The van der Waals surface area contributed by atoms with Gasteiger partial charge in [0.25, 0.3) is 0 Å². The molecule has 0 fully saturated rings. The van der Waals surface area contributed by atoms with Gasteiger partial charge in [-0.25, -0.2) is 13.8 Å². The van der Waals surface area contributed by atoms with Crippen LogP contribution in [0.5, 0.6) is 0 Å². The lowest BCUT2D eigenvalue weighted by molar-refractivity contribution is 0.199. The molecule has 0 spiro atoms. The maximum absolute atomic E-state index is 13.1. The Labute approximate surface area is 109 Å². The van der Waals surface area contributed by atoms with Gasteiger partial charge >= 0.3 is 0 Å². The third-order valence-electron chi connectivity index (χ3n) is 2.58. The minimum atomic E-state index is -0.607. The summed E-state index contributed by atoms with van der Waals surface area (Å²) in [7, 11) is 1.63. The number of aromatic amines is 1. The monoisotopic (exact) mass is 267 g/mol. The Hall–Kier alpha value is -1.79. The van der Waals surface area contributed by atoms with Gasteiger partial charge in [0.15, 0.2) is 0 Å². The first kappa shape index (κ1) is 13.6. The number of aromatic nitrogens is 2. The fraction of sp³-hybridized carbons (Fsp3) is 0.308. The van der Waals surface area contributed by atoms with Crippen molar-refractivity contribution in [3.05, 3.63) is 41.9 Å². The van der Waals surface area contributed by atoms with Crippen LogP contribution in [0.4, 0.5) is 8.78 Å². The average Bonchev–Trinajstić information content (AvgIpc) is 2.82. The molecular formula is C13H15F2N3O. The molecule has 0 amide bonds. The molecule has 1 aromatic heterocycles. The average molecular weight is 267 g/mol. The van der Waals surface area contributed by atoms with Gasteiger partial charge in [0, 0.05) is 25.3 Å². The Balaban J connectivity index is 2.03. The van der Waals surface area contributed by atoms with Crippen molar-refractivity contribution in [2.75, 3.05) is 20.3 Å². The summed E-state index contributed by atoms with van der Waals surface area (Å²) in [5, 5.41) is 3.12. The van der Waals surface area contributed by atoms with E-state index in [4.69, 9.17) is 4.74 Å². The van der Waals surface area contributed by atoms with Crippen molar-refractivity contribution in [1.29, 1.82) is 0 Å². The largest absolute Gasteiger partial charge is 0.383 e. The number of hydrogen-bond acceptors (Lipinski definition) is 3. The van der Waals surface area contributed by atoms with E-state index in [0.717, 1.165) is 6.07 Å². The summed E-state index contributed by atoms with van der Waals surface area (Å²) in [6.07, 6.45) is 1.56. The standard InChI is InChI=1S/C13H15F2N3O/c1-19-3-2-16-8-13-17-7-12(18-13)9-4-10(14)6-11(15)5-9/h4-7,16H,2-3,8H2,1H3,(H,17,18). The molecule has 0 aliphatic rings. The summed E-state index contributed by atoms with van der Waals surface area (Å²) in [6.45, 7) is 1.87. The van der Waals surface area contributed by atoms with Crippen molar-refractivity contribution >= 4 is 0 Å². The minimum absolute atomic E-state index is 0.438. The third-order valence-corrected chi connectivity index (χ3v) is 2.58. The molecule has 0 radical (unpaired) electrons. The number of hydrogen-bond donors (Lipinski definition) is 2. The number of nitrogens with one attached hydrogen (secondary N) is 2. The molecule has 0 saturated carbocycles. The van der Waals surface area contributed by atoms with Crippen LogP contribution in [0.25, 0.3) is 11.3 Å². The van der Waals surface area contributed by atoms with Crippen LogP contribution >= 0.6 is 0 Å². The molecule has 2 rings (SSSR count). The Morgan fingerprint density at radius 2 is 2.00 bits per heavy atom. The molecule has 0 unspecified atom stereocenters. The van der Waals surface area contributed by atoms with Crippen LogP contribution in [0.3, 0.4) is 0 Å². The van der Waals surface area contributed by atoms with E-state index >= 15 is 0 Å². The molecule has 0 atom stereocenters. The van der Waals surface area contributed by atoms with Gasteiger partial charge in [0.05, 0.1) is 25.0 Å². The normalized spacial score (nSPS) is 10.9. The molecular weight excluding hydrogens is 252 g/mol. The van der Waals surface area contributed by atoms with E-state index in [2.05, 4.69) is 15.3 Å². The van der Waals surface area contributed by atoms with Gasteiger partial charge in [0.2, 0.25) is 0 Å². The van der Waals surface area contributed by atoms with Gasteiger partial charge in [0.1, 0.15) is 17.5 Å². The van der Waals surface area contributed by atoms with E-state index in [9.17, 15) is 8.78 Å². The summed E-state index contributed by atoms with van der Waals surface area (Å²) in [5.41, 5.74) is 1.02. The summed E-state index contributed by atoms with van der Waals surface area (Å²) in [4.78, 5) is 7.16. The van der Waals surface area contributed by atoms with Gasteiger partial charge in [-0.05, 0) is 12.1 Å². The lowest BCUT2D eigenvalue weighted by atomic mass is 10.1. The Morgan fingerprint density at radius 1 is 1.26 bits per heavy atom. The molecule has 4 nitrogen and oxygen atoms in total. The molecule has 2 aromatic rings. The Bertz CT molecular complexity index is 522. The van der Waals surface area contributed by atoms with Gasteiger partial charge in [-0.3, -0.25) is 0 Å². The molecule has 1 aromatic carbocycles. The first-order valence-corrected chi connectivity index (χ1v) is 5.89. The third kappa shape index (κ3) is 3.84. The van der Waals surface area contributed by atoms with Crippen molar-refractivity contribution in [1.82, 2.24) is 15.3 Å². The first-order chi connectivity index (χ1) is 9.19. The van der Waals surface area contributed by atoms with Crippen molar-refractivity contribution in [2.45, 2.75) is 6.54 Å². The number of benzene rings is 1. The number of nitrogens with zero attached hydrogens (tertiary/aromatic N) is 1. The van der Waals surface area contributed by atoms with Gasteiger partial charge in [-0.15, -0.1) is 0 Å². The van der Waals surface area contributed by atoms with Gasteiger partial charge < -0.3 is 15.0 Å². The maximum Gasteiger partial charge on any atom is 0.126 e. The number of rotatable bonds is 6. The molecule has 6 heteroatoms. The fourth-order valence-electron chi connectivity index (χ4n) is 1.69. The van der Waals surface area contributed by atoms with Crippen LogP contribution in [0.15, 0.2) is 24.4 Å². The SMILES string of the molecule is COCCNCc1ncc(-c2cc(F)cc(F)c2)[nH]1. The molecule has 0 saturated heterocycles. The smallest absolute Gasteiger partial charge is 0.126 e. The summed E-state index contributed by atoms with van der Waals surface area (Å²) in [5.74, 6) is -0.510. The lowest BCUT2D eigenvalue weighted by Crippen LogP contribution is -2.19. The fourth-order valence-corrected chi connectivity index (χ4v) is 1.69. The van der Waals surface area contributed by atoms with Crippen LogP contribution in [0.2, 0.25) is 0 Å². The summed E-state index contributed by atoms with van der Waals surface area (Å²) < 4.78 is 31.1. The second-order valence-electron chi connectivity index (χ2n) is 4.07. The van der Waals surface area contributed by atoms with Crippen LogP contribution in [0, 0.1) is 11.6 Å². The maximum atomic E-state index is 13.1. The highest BCUT2D eigenvalue weighted by Crippen LogP contribution is 2.19. The molecule has 19 heavy (non-hydrogen) atoms. The van der Waals surface area contributed by atoms with Crippen LogP contribution in [-0.2, 0) is 11.3 Å². The predicted octanol–water partition coefficient (Wildman–Crippen LogP) is 2.09. The van der Waals surface area contributed by atoms with E-state index in [-0.39, 0.29) is 0 Å². The van der Waals surface area contributed by atoms with Crippen LogP contribution in [0.1, 0.15) is 5.82 Å². The number of methoxy groups -OCH3 is 1. The summed E-state index contributed by atoms with van der Waals surface area (Å²) in [6, 6.07) is 3.37. The molecule has 0 bridgehead atoms. The zero-order valence-electron chi connectivity index (χ0n) is 10.5. The Morgan fingerprint density at radius 3 is 2.68 bits per heavy atom. The highest BCUT2D eigenvalue weighted by molar-refractivity contribution is 5.58. The highest BCUT2D eigenvalue weighted by atomic mass is 19.1. The van der Waals surface area contributed by atoms with E-state index in [0.29, 0.717) is 36.8 Å². The number of halogens is 2. The molecule has 0 aliphatic heterocycles.